The van der Waals surface area contributed by atoms with E-state index in [9.17, 15) is 4.79 Å². The Bertz CT molecular complexity index is 425. The fraction of sp³-hybridized carbons (Fsp3) is 0.462. The third-order valence-corrected chi connectivity index (χ3v) is 4.26. The summed E-state index contributed by atoms with van der Waals surface area (Å²) in [6, 6.07) is 6.44. The predicted octanol–water partition coefficient (Wildman–Crippen LogP) is 3.14. The molecule has 1 nitrogen and oxygen atoms in total. The van der Waals surface area contributed by atoms with Crippen LogP contribution in [0.1, 0.15) is 24.0 Å². The maximum Gasteiger partial charge on any atom is 0.139 e. The fourth-order valence-electron chi connectivity index (χ4n) is 2.94. The molecular weight excluding hydrogens is 252 g/mol. The monoisotopic (exact) mass is 264 g/mol. The second-order valence-corrected chi connectivity index (χ2v) is 5.61. The Hall–Kier alpha value is -0.630. The van der Waals surface area contributed by atoms with E-state index in [4.69, 9.17) is 0 Å². The summed E-state index contributed by atoms with van der Waals surface area (Å²) in [7, 11) is 0. The standard InChI is InChI=1S/C13H13BrO/c14-12-4-3-8-5-9-1-2-10(13(9)15)6-11(8)7-12/h3-4,7,9-10H,1-2,5-6H2/t9-,10+/m1/s1. The molecule has 0 heterocycles. The Labute approximate surface area is 98.0 Å². The first-order valence-electron chi connectivity index (χ1n) is 5.55. The van der Waals surface area contributed by atoms with Crippen molar-refractivity contribution in [2.75, 3.05) is 0 Å². The van der Waals surface area contributed by atoms with E-state index in [0.29, 0.717) is 17.6 Å². The van der Waals surface area contributed by atoms with E-state index in [1.165, 1.54) is 11.1 Å². The third-order valence-electron chi connectivity index (χ3n) is 3.77. The molecule has 0 spiro atoms. The Morgan fingerprint density at radius 1 is 1.07 bits per heavy atom. The first-order valence-corrected chi connectivity index (χ1v) is 6.34. The van der Waals surface area contributed by atoms with Gasteiger partial charge < -0.3 is 0 Å². The number of Topliss-reactive ketones (excluding diaryl/α,β-unsaturated/α-hetero) is 1. The first kappa shape index (κ1) is 9.59. The van der Waals surface area contributed by atoms with Crippen molar-refractivity contribution < 1.29 is 4.79 Å². The summed E-state index contributed by atoms with van der Waals surface area (Å²) in [5.41, 5.74) is 2.77. The number of halogens is 1. The fourth-order valence-corrected chi connectivity index (χ4v) is 3.35. The normalized spacial score (nSPS) is 28.7. The summed E-state index contributed by atoms with van der Waals surface area (Å²) >= 11 is 3.50. The smallest absolute Gasteiger partial charge is 0.139 e. The lowest BCUT2D eigenvalue weighted by atomic mass is 9.94. The van der Waals surface area contributed by atoms with Gasteiger partial charge in [-0.25, -0.2) is 0 Å². The predicted molar refractivity (Wildman–Crippen MR) is 62.8 cm³/mol. The van der Waals surface area contributed by atoms with E-state index in [-0.39, 0.29) is 0 Å². The van der Waals surface area contributed by atoms with Gasteiger partial charge in [0.25, 0.3) is 0 Å². The number of ketones is 1. The molecule has 1 aromatic rings. The highest BCUT2D eigenvalue weighted by Gasteiger charge is 2.37. The zero-order valence-electron chi connectivity index (χ0n) is 8.50. The van der Waals surface area contributed by atoms with Crippen LogP contribution in [0.15, 0.2) is 22.7 Å². The number of rotatable bonds is 0. The van der Waals surface area contributed by atoms with Crippen molar-refractivity contribution in [3.05, 3.63) is 33.8 Å². The number of carbonyl (C=O) groups is 1. The van der Waals surface area contributed by atoms with Crippen molar-refractivity contribution in [1.29, 1.82) is 0 Å². The van der Waals surface area contributed by atoms with Gasteiger partial charge in [-0.2, -0.15) is 0 Å². The molecule has 0 N–H and O–H groups in total. The Morgan fingerprint density at radius 2 is 1.73 bits per heavy atom. The molecule has 0 aromatic heterocycles. The minimum Gasteiger partial charge on any atom is -0.299 e. The van der Waals surface area contributed by atoms with Crippen LogP contribution in [0.25, 0.3) is 0 Å². The van der Waals surface area contributed by atoms with Crippen molar-refractivity contribution in [3.8, 4) is 0 Å². The highest BCUT2D eigenvalue weighted by Crippen LogP contribution is 2.37. The van der Waals surface area contributed by atoms with Crippen LogP contribution in [0.5, 0.6) is 0 Å². The average molecular weight is 265 g/mol. The molecule has 1 saturated carbocycles. The van der Waals surface area contributed by atoms with Gasteiger partial charge in [-0.1, -0.05) is 22.0 Å². The van der Waals surface area contributed by atoms with Crippen molar-refractivity contribution in [3.63, 3.8) is 0 Å². The van der Waals surface area contributed by atoms with E-state index >= 15 is 0 Å². The summed E-state index contributed by atoms with van der Waals surface area (Å²) in [5, 5.41) is 0. The van der Waals surface area contributed by atoms with Crippen LogP contribution in [0.2, 0.25) is 0 Å². The third kappa shape index (κ3) is 1.55. The molecule has 0 saturated heterocycles. The Balaban J connectivity index is 2.06. The lowest BCUT2D eigenvalue weighted by Crippen LogP contribution is -2.13. The molecule has 2 aliphatic carbocycles. The summed E-state index contributed by atoms with van der Waals surface area (Å²) in [5.74, 6) is 1.14. The first-order chi connectivity index (χ1) is 7.24. The molecule has 0 radical (unpaired) electrons. The van der Waals surface area contributed by atoms with Gasteiger partial charge >= 0.3 is 0 Å². The second kappa shape index (κ2) is 3.44. The number of hydrogen-bond acceptors (Lipinski definition) is 1. The molecule has 78 valence electrons. The molecule has 2 bridgehead atoms. The van der Waals surface area contributed by atoms with Gasteiger partial charge in [0.15, 0.2) is 0 Å². The van der Waals surface area contributed by atoms with Gasteiger partial charge in [-0.05, 0) is 48.9 Å². The molecule has 2 heteroatoms. The molecule has 0 unspecified atom stereocenters. The van der Waals surface area contributed by atoms with Gasteiger partial charge in [-0.15, -0.1) is 0 Å². The minimum atomic E-state index is 0.311. The molecule has 2 atom stereocenters. The van der Waals surface area contributed by atoms with E-state index in [2.05, 4.69) is 34.1 Å². The molecule has 15 heavy (non-hydrogen) atoms. The van der Waals surface area contributed by atoms with Crippen LogP contribution in [0, 0.1) is 11.8 Å². The lowest BCUT2D eigenvalue weighted by Gasteiger charge is -2.12. The molecular formula is C13H13BrO. The van der Waals surface area contributed by atoms with Crippen LogP contribution >= 0.6 is 15.9 Å². The van der Waals surface area contributed by atoms with Crippen LogP contribution in [0.4, 0.5) is 0 Å². The van der Waals surface area contributed by atoms with Crippen molar-refractivity contribution in [2.45, 2.75) is 25.7 Å². The quantitative estimate of drug-likeness (QED) is 0.704. The molecule has 1 fully saturated rings. The topological polar surface area (TPSA) is 17.1 Å². The number of carbonyl (C=O) groups excluding carboxylic acids is 1. The van der Waals surface area contributed by atoms with Gasteiger partial charge in [0.05, 0.1) is 0 Å². The largest absolute Gasteiger partial charge is 0.299 e. The Morgan fingerprint density at radius 3 is 2.47 bits per heavy atom. The van der Waals surface area contributed by atoms with Crippen LogP contribution < -0.4 is 0 Å². The van der Waals surface area contributed by atoms with Gasteiger partial charge in [0.2, 0.25) is 0 Å². The van der Waals surface area contributed by atoms with Crippen molar-refractivity contribution >= 4 is 21.7 Å². The molecule has 1 aromatic carbocycles. The maximum atomic E-state index is 11.9. The van der Waals surface area contributed by atoms with E-state index in [1.54, 1.807) is 0 Å². The van der Waals surface area contributed by atoms with E-state index in [0.717, 1.165) is 30.2 Å². The van der Waals surface area contributed by atoms with Gasteiger partial charge in [0, 0.05) is 16.3 Å². The summed E-state index contributed by atoms with van der Waals surface area (Å²) < 4.78 is 1.13. The lowest BCUT2D eigenvalue weighted by molar-refractivity contribution is -0.123. The summed E-state index contributed by atoms with van der Waals surface area (Å²) in [6.07, 6.45) is 4.15. The average Bonchev–Trinajstić information content (AvgIpc) is 2.44. The summed E-state index contributed by atoms with van der Waals surface area (Å²) in [4.78, 5) is 11.9. The zero-order chi connectivity index (χ0) is 10.4. The second-order valence-electron chi connectivity index (χ2n) is 4.69. The number of benzene rings is 1. The number of hydrogen-bond donors (Lipinski definition) is 0. The van der Waals surface area contributed by atoms with Gasteiger partial charge in [-0.3, -0.25) is 4.79 Å². The minimum absolute atomic E-state index is 0.311. The SMILES string of the molecule is O=C1[C@@H]2CC[C@H]1Cc1cc(Br)ccc1C2. The zero-order valence-corrected chi connectivity index (χ0v) is 10.1. The molecule has 3 rings (SSSR count). The number of fused-ring (bicyclic) bond motifs is 3. The van der Waals surface area contributed by atoms with Crippen LogP contribution in [-0.2, 0) is 17.6 Å². The van der Waals surface area contributed by atoms with E-state index < -0.39 is 0 Å². The van der Waals surface area contributed by atoms with Crippen LogP contribution in [0.3, 0.4) is 0 Å². The van der Waals surface area contributed by atoms with Crippen molar-refractivity contribution in [2.24, 2.45) is 11.8 Å². The van der Waals surface area contributed by atoms with Crippen LogP contribution in [-0.4, -0.2) is 5.78 Å². The van der Waals surface area contributed by atoms with Gasteiger partial charge in [0.1, 0.15) is 5.78 Å². The highest BCUT2D eigenvalue weighted by molar-refractivity contribution is 9.10. The summed E-state index contributed by atoms with van der Waals surface area (Å²) in [6.45, 7) is 0. The highest BCUT2D eigenvalue weighted by atomic mass is 79.9. The molecule has 0 amide bonds. The molecule has 2 aliphatic rings. The molecule has 0 aliphatic heterocycles. The van der Waals surface area contributed by atoms with E-state index in [1.807, 2.05) is 0 Å². The maximum absolute atomic E-state index is 11.9. The Kier molecular flexibility index (Phi) is 2.20. The van der Waals surface area contributed by atoms with Crippen molar-refractivity contribution in [1.82, 2.24) is 0 Å².